The predicted octanol–water partition coefficient (Wildman–Crippen LogP) is 4.86. The largest absolute Gasteiger partial charge is 0.492 e. The average molecular weight is 340 g/mol. The predicted molar refractivity (Wildman–Crippen MR) is 103 cm³/mol. The smallest absolute Gasteiger partial charge is 0.261 e. The van der Waals surface area contributed by atoms with Crippen molar-refractivity contribution in [2.24, 2.45) is 5.92 Å². The number of nitrogens with one attached hydrogen (secondary N) is 1. The van der Waals surface area contributed by atoms with E-state index in [-0.39, 0.29) is 5.91 Å². The molecule has 25 heavy (non-hydrogen) atoms. The average Bonchev–Trinajstić information content (AvgIpc) is 2.54. The molecule has 1 N–H and O–H groups in total. The van der Waals surface area contributed by atoms with Crippen LogP contribution in [-0.2, 0) is 6.42 Å². The second kappa shape index (κ2) is 8.15. The van der Waals surface area contributed by atoms with Crippen molar-refractivity contribution in [2.45, 2.75) is 48.0 Å². The molecule has 1 aromatic carbocycles. The molecule has 2 aromatic rings. The van der Waals surface area contributed by atoms with Gasteiger partial charge in [-0.1, -0.05) is 39.0 Å². The van der Waals surface area contributed by atoms with Gasteiger partial charge in [-0.2, -0.15) is 0 Å². The highest BCUT2D eigenvalue weighted by molar-refractivity contribution is 6.07. The van der Waals surface area contributed by atoms with Crippen LogP contribution in [0.5, 0.6) is 5.75 Å². The molecule has 0 bridgehead atoms. The van der Waals surface area contributed by atoms with Gasteiger partial charge in [-0.15, -0.1) is 0 Å². The van der Waals surface area contributed by atoms with Crippen LogP contribution in [0.25, 0.3) is 0 Å². The third-order valence-electron chi connectivity index (χ3n) is 4.07. The number of para-hydroxylation sites is 1. The maximum Gasteiger partial charge on any atom is 0.261 e. The third-order valence-corrected chi connectivity index (χ3v) is 4.07. The summed E-state index contributed by atoms with van der Waals surface area (Å²) in [7, 11) is 0. The monoisotopic (exact) mass is 340 g/mol. The lowest BCUT2D eigenvalue weighted by Gasteiger charge is -2.17. The molecule has 4 nitrogen and oxygen atoms in total. The van der Waals surface area contributed by atoms with Gasteiger partial charge >= 0.3 is 0 Å². The highest BCUT2D eigenvalue weighted by Gasteiger charge is 2.19. The Hall–Kier alpha value is -2.36. The topological polar surface area (TPSA) is 51.2 Å². The lowest BCUT2D eigenvalue weighted by molar-refractivity contribution is 0.102. The summed E-state index contributed by atoms with van der Waals surface area (Å²) in [6.07, 6.45) is 0.860. The first-order chi connectivity index (χ1) is 11.8. The SMILES string of the molecule is CCc1cccc(C)c1NC(=O)c1c(OCC(C)C)cc(C)nc1C. The van der Waals surface area contributed by atoms with Crippen LogP contribution in [0.1, 0.15) is 53.6 Å². The molecule has 0 aliphatic carbocycles. The Morgan fingerprint density at radius 3 is 2.60 bits per heavy atom. The van der Waals surface area contributed by atoms with Gasteiger partial charge in [-0.3, -0.25) is 9.78 Å². The molecule has 0 saturated heterocycles. The summed E-state index contributed by atoms with van der Waals surface area (Å²) in [5.74, 6) is 0.809. The fourth-order valence-corrected chi connectivity index (χ4v) is 2.82. The fraction of sp³-hybridized carbons (Fsp3) is 0.429. The number of amides is 1. The Morgan fingerprint density at radius 1 is 1.24 bits per heavy atom. The zero-order chi connectivity index (χ0) is 18.6. The Kier molecular flexibility index (Phi) is 6.18. The van der Waals surface area contributed by atoms with Gasteiger partial charge in [0, 0.05) is 17.4 Å². The molecule has 2 rings (SSSR count). The zero-order valence-corrected chi connectivity index (χ0v) is 16.1. The number of hydrogen-bond acceptors (Lipinski definition) is 3. The number of ether oxygens (including phenoxy) is 1. The lowest BCUT2D eigenvalue weighted by atomic mass is 10.0. The van der Waals surface area contributed by atoms with E-state index in [2.05, 4.69) is 31.1 Å². The quantitative estimate of drug-likeness (QED) is 0.817. The molecule has 134 valence electrons. The second-order valence-electron chi connectivity index (χ2n) is 6.84. The zero-order valence-electron chi connectivity index (χ0n) is 16.1. The van der Waals surface area contributed by atoms with Crippen LogP contribution in [0.3, 0.4) is 0 Å². The van der Waals surface area contributed by atoms with E-state index in [1.54, 1.807) is 0 Å². The van der Waals surface area contributed by atoms with Gasteiger partial charge in [-0.05, 0) is 44.2 Å². The van der Waals surface area contributed by atoms with E-state index >= 15 is 0 Å². The van der Waals surface area contributed by atoms with Gasteiger partial charge in [0.2, 0.25) is 0 Å². The highest BCUT2D eigenvalue weighted by Crippen LogP contribution is 2.27. The summed E-state index contributed by atoms with van der Waals surface area (Å²) in [6, 6.07) is 7.90. The number of benzene rings is 1. The van der Waals surface area contributed by atoms with Crippen molar-refractivity contribution in [1.82, 2.24) is 4.98 Å². The maximum absolute atomic E-state index is 13.0. The Balaban J connectivity index is 2.39. The summed E-state index contributed by atoms with van der Waals surface area (Å²) in [5, 5.41) is 3.08. The number of nitrogens with zero attached hydrogens (tertiary/aromatic N) is 1. The van der Waals surface area contributed by atoms with Crippen molar-refractivity contribution >= 4 is 11.6 Å². The lowest BCUT2D eigenvalue weighted by Crippen LogP contribution is -2.19. The molecule has 4 heteroatoms. The van der Waals surface area contributed by atoms with Gasteiger partial charge in [-0.25, -0.2) is 0 Å². The van der Waals surface area contributed by atoms with Gasteiger partial charge < -0.3 is 10.1 Å². The van der Waals surface area contributed by atoms with Gasteiger partial charge in [0.05, 0.1) is 12.3 Å². The van der Waals surface area contributed by atoms with Crippen LogP contribution in [0.2, 0.25) is 0 Å². The molecule has 0 unspecified atom stereocenters. The minimum atomic E-state index is -0.173. The number of aryl methyl sites for hydroxylation is 4. The molecular formula is C21H28N2O2. The number of carbonyl (C=O) groups is 1. The normalized spacial score (nSPS) is 10.8. The molecular weight excluding hydrogens is 312 g/mol. The van der Waals surface area contributed by atoms with Crippen LogP contribution in [0.4, 0.5) is 5.69 Å². The van der Waals surface area contributed by atoms with Crippen molar-refractivity contribution in [3.05, 3.63) is 52.3 Å². The molecule has 1 aromatic heterocycles. The summed E-state index contributed by atoms with van der Waals surface area (Å²) < 4.78 is 5.91. The molecule has 0 atom stereocenters. The molecule has 1 amide bonds. The van der Waals surface area contributed by atoms with Crippen LogP contribution >= 0.6 is 0 Å². The van der Waals surface area contributed by atoms with Gasteiger partial charge in [0.15, 0.2) is 0 Å². The molecule has 0 spiro atoms. The number of anilines is 1. The molecule has 1 heterocycles. The Morgan fingerprint density at radius 2 is 1.96 bits per heavy atom. The standard InChI is InChI=1S/C21H28N2O2/c1-7-17-10-8-9-14(4)20(17)23-21(24)19-16(6)22-15(5)11-18(19)25-12-13(2)3/h8-11,13H,7,12H2,1-6H3,(H,23,24). The minimum Gasteiger partial charge on any atom is -0.492 e. The molecule has 0 fully saturated rings. The van der Waals surface area contributed by atoms with Gasteiger partial charge in [0.1, 0.15) is 11.3 Å². The first kappa shape index (κ1) is 19.0. The number of carbonyl (C=O) groups excluding carboxylic acids is 1. The number of aromatic nitrogens is 1. The Labute approximate surface area is 150 Å². The summed E-state index contributed by atoms with van der Waals surface area (Å²) in [5.41, 5.74) is 5.09. The van der Waals surface area contributed by atoms with Crippen molar-refractivity contribution in [3.8, 4) is 5.75 Å². The van der Waals surface area contributed by atoms with Crippen LogP contribution < -0.4 is 10.1 Å². The molecule has 0 aliphatic heterocycles. The van der Waals surface area contributed by atoms with Crippen LogP contribution in [0, 0.1) is 26.7 Å². The van der Waals surface area contributed by atoms with Gasteiger partial charge in [0.25, 0.3) is 5.91 Å². The van der Waals surface area contributed by atoms with Crippen molar-refractivity contribution in [3.63, 3.8) is 0 Å². The Bertz CT molecular complexity index is 767. The van der Waals surface area contributed by atoms with E-state index in [4.69, 9.17) is 4.74 Å². The molecule has 0 radical (unpaired) electrons. The van der Waals surface area contributed by atoms with Crippen LogP contribution in [-0.4, -0.2) is 17.5 Å². The number of hydrogen-bond donors (Lipinski definition) is 1. The minimum absolute atomic E-state index is 0.173. The highest BCUT2D eigenvalue weighted by atomic mass is 16.5. The van der Waals surface area contributed by atoms with E-state index in [1.807, 2.05) is 45.0 Å². The van der Waals surface area contributed by atoms with Crippen LogP contribution in [0.15, 0.2) is 24.3 Å². The van der Waals surface area contributed by atoms with Crippen molar-refractivity contribution < 1.29 is 9.53 Å². The second-order valence-corrected chi connectivity index (χ2v) is 6.84. The molecule has 0 aliphatic rings. The van der Waals surface area contributed by atoms with Crippen molar-refractivity contribution in [1.29, 1.82) is 0 Å². The first-order valence-electron chi connectivity index (χ1n) is 8.84. The summed E-state index contributed by atoms with van der Waals surface area (Å²) in [6.45, 7) is 12.6. The summed E-state index contributed by atoms with van der Waals surface area (Å²) in [4.78, 5) is 17.4. The number of pyridine rings is 1. The number of rotatable bonds is 6. The first-order valence-corrected chi connectivity index (χ1v) is 8.84. The fourth-order valence-electron chi connectivity index (χ4n) is 2.82. The van der Waals surface area contributed by atoms with E-state index in [1.165, 1.54) is 0 Å². The molecule has 0 saturated carbocycles. The van der Waals surface area contributed by atoms with E-state index < -0.39 is 0 Å². The van der Waals surface area contributed by atoms with E-state index in [9.17, 15) is 4.79 Å². The van der Waals surface area contributed by atoms with E-state index in [0.29, 0.717) is 29.5 Å². The third kappa shape index (κ3) is 4.59. The summed E-state index contributed by atoms with van der Waals surface area (Å²) >= 11 is 0. The maximum atomic E-state index is 13.0. The van der Waals surface area contributed by atoms with Crippen molar-refractivity contribution in [2.75, 3.05) is 11.9 Å². The van der Waals surface area contributed by atoms with E-state index in [0.717, 1.165) is 28.9 Å².